The molecule has 3 aliphatic rings. The smallest absolute Gasteiger partial charge is 0.409 e. The van der Waals surface area contributed by atoms with Crippen LogP contribution in [0.4, 0.5) is 10.5 Å². The van der Waals surface area contributed by atoms with E-state index in [1.54, 1.807) is 64.2 Å². The van der Waals surface area contributed by atoms with E-state index in [9.17, 15) is 24.3 Å². The first-order valence-corrected chi connectivity index (χ1v) is 18.2. The van der Waals surface area contributed by atoms with Gasteiger partial charge in [-0.1, -0.05) is 48.9 Å². The number of rotatable bonds is 7. The van der Waals surface area contributed by atoms with Gasteiger partial charge in [0.2, 0.25) is 5.91 Å². The summed E-state index contributed by atoms with van der Waals surface area (Å²) in [4.78, 5) is 60.6. The number of carbonyl (C=O) groups is 4. The second kappa shape index (κ2) is 16.5. The number of aromatic nitrogens is 1. The van der Waals surface area contributed by atoms with Gasteiger partial charge in [-0.2, -0.15) is 0 Å². The van der Waals surface area contributed by atoms with Gasteiger partial charge < -0.3 is 38.6 Å². The summed E-state index contributed by atoms with van der Waals surface area (Å²) in [5.74, 6) is -1.89. The lowest BCUT2D eigenvalue weighted by Gasteiger charge is -2.42. The molecule has 2 saturated heterocycles. The van der Waals surface area contributed by atoms with Crippen LogP contribution in [0.15, 0.2) is 60.8 Å². The number of epoxide rings is 1. The highest BCUT2D eigenvalue weighted by Gasteiger charge is 2.64. The number of nitrogens with zero attached hydrogens (tertiary/aromatic N) is 3. The van der Waals surface area contributed by atoms with Gasteiger partial charge in [-0.15, -0.1) is 0 Å². The topological polar surface area (TPSA) is 169 Å². The molecule has 55 heavy (non-hydrogen) atoms. The maximum absolute atomic E-state index is 14.1. The highest BCUT2D eigenvalue weighted by Crippen LogP contribution is 2.49. The fourth-order valence-corrected chi connectivity index (χ4v) is 7.37. The van der Waals surface area contributed by atoms with Crippen molar-refractivity contribution < 1.29 is 48.0 Å². The van der Waals surface area contributed by atoms with E-state index in [0.717, 1.165) is 16.7 Å². The molecular formula is C40H49ClN4O10. The maximum atomic E-state index is 14.1. The third-order valence-corrected chi connectivity index (χ3v) is 10.8. The second-order valence-corrected chi connectivity index (χ2v) is 15.0. The van der Waals surface area contributed by atoms with Crippen molar-refractivity contribution in [1.82, 2.24) is 15.2 Å². The zero-order chi connectivity index (χ0) is 40.4. The first-order valence-electron chi connectivity index (χ1n) is 17.9. The molecule has 5 rings (SSSR count). The van der Waals surface area contributed by atoms with Crippen LogP contribution >= 0.6 is 11.6 Å². The average molecular weight is 781 g/mol. The number of allylic oxidation sites excluding steroid dienone is 4. The number of ether oxygens (including phenoxy) is 5. The summed E-state index contributed by atoms with van der Waals surface area (Å²) in [6, 6.07) is 6.83. The summed E-state index contributed by atoms with van der Waals surface area (Å²) in [5.41, 5.74) is 0.654. The first kappa shape index (κ1) is 41.4. The van der Waals surface area contributed by atoms with E-state index in [2.05, 4.69) is 16.9 Å². The fraction of sp³-hybridized carbons (Fsp3) is 0.475. The number of anilines is 1. The summed E-state index contributed by atoms with van der Waals surface area (Å²) in [7, 11) is 5.93. The lowest BCUT2D eigenvalue weighted by atomic mass is 9.83. The number of fused-ring (bicyclic) bond motifs is 5. The minimum atomic E-state index is -1.84. The van der Waals surface area contributed by atoms with Crippen LogP contribution in [0.5, 0.6) is 5.75 Å². The van der Waals surface area contributed by atoms with E-state index in [1.165, 1.54) is 37.3 Å². The van der Waals surface area contributed by atoms with Crippen LogP contribution < -0.4 is 15.0 Å². The summed E-state index contributed by atoms with van der Waals surface area (Å²) < 4.78 is 29.1. The molecule has 1 aromatic carbocycles. The Kier molecular flexibility index (Phi) is 12.4. The minimum Gasteiger partial charge on any atom is -0.495 e. The van der Waals surface area contributed by atoms with Crippen molar-refractivity contribution >= 4 is 46.7 Å². The van der Waals surface area contributed by atoms with Crippen molar-refractivity contribution in [3.63, 3.8) is 0 Å². The maximum Gasteiger partial charge on any atom is 0.409 e. The van der Waals surface area contributed by atoms with Gasteiger partial charge in [0, 0.05) is 39.7 Å². The SMILES string of the molecule is C=C(C)c1ccc(C(=O)N(C)CC(=O)O[C@H]2CC(=O)N(C)c3cc(cc(OC)c3Cl)C/C(C)=C/C=C/[C@@H](OC)[C@@]3(O)C[C@H](OC(=O)N3)[C@@H](C)[C@@H]3O[C@@]23C)cn1. The average Bonchev–Trinajstić information content (AvgIpc) is 3.83. The predicted octanol–water partition coefficient (Wildman–Crippen LogP) is 4.87. The van der Waals surface area contributed by atoms with Crippen LogP contribution in [0.2, 0.25) is 5.02 Å². The number of nitrogens with one attached hydrogen (secondary N) is 1. The summed E-state index contributed by atoms with van der Waals surface area (Å²) in [6.07, 6.45) is 2.21. The molecule has 14 nitrogen and oxygen atoms in total. The molecule has 0 unspecified atom stereocenters. The van der Waals surface area contributed by atoms with Gasteiger partial charge in [0.15, 0.2) is 5.72 Å². The van der Waals surface area contributed by atoms with Crippen molar-refractivity contribution in [2.75, 3.05) is 39.8 Å². The molecule has 1 aromatic heterocycles. The van der Waals surface area contributed by atoms with Crippen molar-refractivity contribution in [3.8, 4) is 5.75 Å². The Morgan fingerprint density at radius 2 is 1.96 bits per heavy atom. The quantitative estimate of drug-likeness (QED) is 0.291. The Bertz CT molecular complexity index is 1900. The number of esters is 1. The number of likely N-dealkylation sites (N-methyl/N-ethyl adjacent to an activating group) is 1. The van der Waals surface area contributed by atoms with Crippen LogP contribution in [0.1, 0.15) is 62.2 Å². The van der Waals surface area contributed by atoms with E-state index < -0.39 is 72.1 Å². The van der Waals surface area contributed by atoms with Crippen molar-refractivity contribution in [1.29, 1.82) is 0 Å². The minimum absolute atomic E-state index is 0.0627. The van der Waals surface area contributed by atoms with E-state index in [4.69, 9.17) is 35.3 Å². The van der Waals surface area contributed by atoms with Gasteiger partial charge in [-0.3, -0.25) is 24.7 Å². The summed E-state index contributed by atoms with van der Waals surface area (Å²) in [6.45, 7) is 10.6. The highest BCUT2D eigenvalue weighted by atomic mass is 35.5. The molecule has 3 amide bonds. The number of benzene rings is 1. The van der Waals surface area contributed by atoms with Gasteiger partial charge in [0.1, 0.15) is 41.2 Å². The second-order valence-electron chi connectivity index (χ2n) is 14.6. The number of amides is 3. The van der Waals surface area contributed by atoms with E-state index in [-0.39, 0.29) is 23.4 Å². The van der Waals surface area contributed by atoms with Crippen LogP contribution in [0.3, 0.4) is 0 Å². The van der Waals surface area contributed by atoms with Gasteiger partial charge in [0.05, 0.1) is 36.6 Å². The fourth-order valence-electron chi connectivity index (χ4n) is 7.06. The molecule has 4 heterocycles. The zero-order valence-corrected chi connectivity index (χ0v) is 33.1. The Morgan fingerprint density at radius 3 is 2.60 bits per heavy atom. The zero-order valence-electron chi connectivity index (χ0n) is 32.4. The molecule has 0 saturated carbocycles. The van der Waals surface area contributed by atoms with E-state index in [0.29, 0.717) is 23.6 Å². The summed E-state index contributed by atoms with van der Waals surface area (Å²) >= 11 is 6.76. The van der Waals surface area contributed by atoms with Crippen LogP contribution in [0, 0.1) is 5.92 Å². The van der Waals surface area contributed by atoms with Crippen LogP contribution in [-0.2, 0) is 35.0 Å². The van der Waals surface area contributed by atoms with Gasteiger partial charge in [-0.25, -0.2) is 4.79 Å². The highest BCUT2D eigenvalue weighted by molar-refractivity contribution is 6.35. The van der Waals surface area contributed by atoms with Gasteiger partial charge >= 0.3 is 12.1 Å². The van der Waals surface area contributed by atoms with Gasteiger partial charge in [-0.05, 0) is 62.6 Å². The molecule has 3 aliphatic heterocycles. The molecule has 2 fully saturated rings. The molecule has 4 bridgehead atoms. The molecule has 15 heteroatoms. The van der Waals surface area contributed by atoms with Crippen molar-refractivity contribution in [2.24, 2.45) is 5.92 Å². The predicted molar refractivity (Wildman–Crippen MR) is 205 cm³/mol. The van der Waals surface area contributed by atoms with Crippen molar-refractivity contribution in [3.05, 3.63) is 82.7 Å². The summed E-state index contributed by atoms with van der Waals surface area (Å²) in [5, 5.41) is 14.5. The Balaban J connectivity index is 1.48. The number of carbonyl (C=O) groups excluding carboxylic acids is 4. The molecule has 7 atom stereocenters. The third-order valence-electron chi connectivity index (χ3n) is 10.4. The number of halogens is 1. The third kappa shape index (κ3) is 9.04. The lowest BCUT2D eigenvalue weighted by molar-refractivity contribution is -0.154. The number of alkyl carbamates (subject to hydrolysis) is 1. The van der Waals surface area contributed by atoms with E-state index in [1.807, 2.05) is 13.0 Å². The molecule has 0 spiro atoms. The largest absolute Gasteiger partial charge is 0.495 e. The van der Waals surface area contributed by atoms with Crippen LogP contribution in [-0.4, -0.2) is 109 Å². The molecule has 0 aliphatic carbocycles. The molecular weight excluding hydrogens is 732 g/mol. The standard InChI is InChI=1S/C40H49ClN4O10/c1-22(2)27-14-13-26(20-42-27)37(48)44(6)21-34(47)54-32-18-33(46)45(7)28-16-25(17-29(51-8)35(28)41)15-23(3)11-10-12-31(52-9)40(50)19-30(53-38(49)43-40)24(4)36-39(32,5)55-36/h10-14,16-17,20,24,30-32,36,50H,1,15,18-19,21H2,2-9H3,(H,43,49)/b12-10+,23-11+/t24-,30+,31-,32+,36+,39+,40+/m1/s1. The normalized spacial score (nSPS) is 29.7. The number of aliphatic hydroxyl groups is 1. The number of methoxy groups -OCH3 is 2. The molecule has 296 valence electrons. The Labute approximate surface area is 326 Å². The number of hydrogen-bond acceptors (Lipinski definition) is 11. The Hall–Kier alpha value is -4.76. The number of pyridine rings is 1. The first-order chi connectivity index (χ1) is 25.9. The Morgan fingerprint density at radius 1 is 1.24 bits per heavy atom. The lowest BCUT2D eigenvalue weighted by Crippen LogP contribution is -2.63. The number of hydrogen-bond donors (Lipinski definition) is 2. The van der Waals surface area contributed by atoms with E-state index >= 15 is 0 Å². The molecule has 0 radical (unpaired) electrons. The van der Waals surface area contributed by atoms with Crippen molar-refractivity contribution in [2.45, 2.75) is 82.7 Å². The molecule has 2 aromatic rings. The van der Waals surface area contributed by atoms with Gasteiger partial charge in [0.25, 0.3) is 5.91 Å². The van der Waals surface area contributed by atoms with Crippen LogP contribution in [0.25, 0.3) is 5.57 Å². The monoisotopic (exact) mass is 780 g/mol. The molecule has 2 N–H and O–H groups in total.